The van der Waals surface area contributed by atoms with Gasteiger partial charge in [-0.1, -0.05) is 0 Å². The Balaban J connectivity index is 2.52. The molecule has 2 N–H and O–H groups in total. The van der Waals surface area contributed by atoms with Gasteiger partial charge in [-0.25, -0.2) is 0 Å². The zero-order chi connectivity index (χ0) is 14.5. The molecule has 0 bridgehead atoms. The second-order valence-corrected chi connectivity index (χ2v) is 5.70. The van der Waals surface area contributed by atoms with Crippen LogP contribution in [0.3, 0.4) is 0 Å². The van der Waals surface area contributed by atoms with E-state index in [0.29, 0.717) is 19.1 Å². The maximum atomic E-state index is 11.8. The summed E-state index contributed by atoms with van der Waals surface area (Å²) >= 11 is 0. The van der Waals surface area contributed by atoms with Crippen molar-refractivity contribution in [3.8, 4) is 0 Å². The molecule has 0 radical (unpaired) electrons. The van der Waals surface area contributed by atoms with Crippen molar-refractivity contribution < 1.29 is 14.3 Å². The minimum Gasteiger partial charge on any atom is -0.465 e. The second-order valence-electron chi connectivity index (χ2n) is 5.70. The maximum Gasteiger partial charge on any atom is 0.325 e. The van der Waals surface area contributed by atoms with Crippen LogP contribution in [0.2, 0.25) is 0 Å². The lowest BCUT2D eigenvalue weighted by Crippen LogP contribution is -2.52. The summed E-state index contributed by atoms with van der Waals surface area (Å²) in [5.74, 6) is -0.317. The third-order valence-electron chi connectivity index (χ3n) is 3.92. The molecule has 0 aromatic rings. The van der Waals surface area contributed by atoms with Gasteiger partial charge >= 0.3 is 5.97 Å². The largest absolute Gasteiger partial charge is 0.465 e. The first-order chi connectivity index (χ1) is 8.88. The van der Waals surface area contributed by atoms with Crippen LogP contribution in [0.1, 0.15) is 40.0 Å². The van der Waals surface area contributed by atoms with Crippen molar-refractivity contribution in [3.05, 3.63) is 0 Å². The van der Waals surface area contributed by atoms with Crippen LogP contribution in [-0.2, 0) is 14.3 Å². The van der Waals surface area contributed by atoms with Crippen molar-refractivity contribution in [2.75, 3.05) is 26.9 Å². The van der Waals surface area contributed by atoms with Crippen molar-refractivity contribution in [1.82, 2.24) is 4.90 Å². The lowest BCUT2D eigenvalue weighted by molar-refractivity contribution is -0.149. The summed E-state index contributed by atoms with van der Waals surface area (Å²) in [5, 5.41) is 0. The zero-order valence-corrected chi connectivity index (χ0v) is 12.6. The standard InChI is InChI=1S/C14H28N2O3/c1-5-19-13(17)14(3,15)10-11(2)16(4)12-6-8-18-9-7-12/h11-12H,5-10,15H2,1-4H3. The molecule has 2 unspecified atom stereocenters. The molecular weight excluding hydrogens is 244 g/mol. The minimum absolute atomic E-state index is 0.238. The van der Waals surface area contributed by atoms with E-state index >= 15 is 0 Å². The predicted molar refractivity (Wildman–Crippen MR) is 74.9 cm³/mol. The Bertz CT molecular complexity index is 288. The summed E-state index contributed by atoms with van der Waals surface area (Å²) in [6, 6.07) is 0.754. The Morgan fingerprint density at radius 2 is 2.11 bits per heavy atom. The van der Waals surface area contributed by atoms with Gasteiger partial charge in [0.2, 0.25) is 0 Å². The van der Waals surface area contributed by atoms with Crippen LogP contribution in [0.4, 0.5) is 0 Å². The smallest absolute Gasteiger partial charge is 0.325 e. The van der Waals surface area contributed by atoms with Crippen molar-refractivity contribution in [2.24, 2.45) is 5.73 Å². The van der Waals surface area contributed by atoms with Crippen LogP contribution in [0.5, 0.6) is 0 Å². The normalized spacial score (nSPS) is 22.0. The molecule has 1 aliphatic heterocycles. The molecule has 112 valence electrons. The van der Waals surface area contributed by atoms with Gasteiger partial charge in [0.05, 0.1) is 6.61 Å². The summed E-state index contributed by atoms with van der Waals surface area (Å²) in [4.78, 5) is 14.1. The monoisotopic (exact) mass is 272 g/mol. The maximum absolute atomic E-state index is 11.8. The quantitative estimate of drug-likeness (QED) is 0.735. The van der Waals surface area contributed by atoms with Gasteiger partial charge in [0, 0.05) is 25.3 Å². The lowest BCUT2D eigenvalue weighted by Gasteiger charge is -2.38. The van der Waals surface area contributed by atoms with Gasteiger partial charge in [0.1, 0.15) is 5.54 Å². The van der Waals surface area contributed by atoms with Crippen LogP contribution < -0.4 is 5.73 Å². The van der Waals surface area contributed by atoms with Gasteiger partial charge < -0.3 is 20.1 Å². The second kappa shape index (κ2) is 7.22. The molecule has 0 aliphatic carbocycles. The Morgan fingerprint density at radius 3 is 2.63 bits per heavy atom. The summed E-state index contributed by atoms with van der Waals surface area (Å²) in [5.41, 5.74) is 5.17. The van der Waals surface area contributed by atoms with Crippen LogP contribution in [0.25, 0.3) is 0 Å². The number of ether oxygens (including phenoxy) is 2. The predicted octanol–water partition coefficient (Wildman–Crippen LogP) is 1.16. The van der Waals surface area contributed by atoms with E-state index in [2.05, 4.69) is 18.9 Å². The fraction of sp³-hybridized carbons (Fsp3) is 0.929. The molecule has 0 spiro atoms. The molecule has 2 atom stereocenters. The minimum atomic E-state index is -0.922. The highest BCUT2D eigenvalue weighted by atomic mass is 16.5. The third kappa shape index (κ3) is 4.75. The molecule has 5 heteroatoms. The fourth-order valence-corrected chi connectivity index (χ4v) is 2.59. The zero-order valence-electron chi connectivity index (χ0n) is 12.6. The highest BCUT2D eigenvalue weighted by molar-refractivity contribution is 5.80. The van der Waals surface area contributed by atoms with Crippen LogP contribution in [0.15, 0.2) is 0 Å². The number of esters is 1. The molecule has 1 heterocycles. The molecule has 0 amide bonds. The van der Waals surface area contributed by atoms with Gasteiger partial charge in [-0.2, -0.15) is 0 Å². The Morgan fingerprint density at radius 1 is 1.53 bits per heavy atom. The number of hydrogen-bond acceptors (Lipinski definition) is 5. The van der Waals surface area contributed by atoms with Crippen molar-refractivity contribution in [1.29, 1.82) is 0 Å². The summed E-state index contributed by atoms with van der Waals surface area (Å²) in [6.07, 6.45) is 2.68. The van der Waals surface area contributed by atoms with E-state index in [4.69, 9.17) is 15.2 Å². The molecule has 5 nitrogen and oxygen atoms in total. The first kappa shape index (κ1) is 16.4. The summed E-state index contributed by atoms with van der Waals surface area (Å²) in [7, 11) is 2.10. The SMILES string of the molecule is CCOC(=O)C(C)(N)CC(C)N(C)C1CCOCC1. The van der Waals surface area contributed by atoms with Crippen molar-refractivity contribution in [3.63, 3.8) is 0 Å². The average Bonchev–Trinajstić information content (AvgIpc) is 2.38. The van der Waals surface area contributed by atoms with Gasteiger partial charge in [-0.05, 0) is 47.1 Å². The number of rotatable bonds is 6. The summed E-state index contributed by atoms with van der Waals surface area (Å²) in [6.45, 7) is 7.67. The van der Waals surface area contributed by atoms with E-state index < -0.39 is 5.54 Å². The molecule has 1 rings (SSSR count). The highest BCUT2D eigenvalue weighted by Gasteiger charge is 2.34. The van der Waals surface area contributed by atoms with E-state index in [0.717, 1.165) is 26.1 Å². The first-order valence-electron chi connectivity index (χ1n) is 7.14. The number of nitrogens with zero attached hydrogens (tertiary/aromatic N) is 1. The number of hydrogen-bond donors (Lipinski definition) is 1. The number of carbonyl (C=O) groups is 1. The van der Waals surface area contributed by atoms with Crippen LogP contribution in [0, 0.1) is 0 Å². The van der Waals surface area contributed by atoms with E-state index in [1.165, 1.54) is 0 Å². The lowest BCUT2D eigenvalue weighted by atomic mass is 9.93. The summed E-state index contributed by atoms with van der Waals surface area (Å²) < 4.78 is 10.4. The Kier molecular flexibility index (Phi) is 6.23. The van der Waals surface area contributed by atoms with E-state index in [9.17, 15) is 4.79 Å². The number of carbonyl (C=O) groups excluding carboxylic acids is 1. The van der Waals surface area contributed by atoms with Crippen molar-refractivity contribution in [2.45, 2.75) is 57.7 Å². The fourth-order valence-electron chi connectivity index (χ4n) is 2.59. The topological polar surface area (TPSA) is 64.8 Å². The molecule has 1 aliphatic rings. The molecule has 19 heavy (non-hydrogen) atoms. The third-order valence-corrected chi connectivity index (χ3v) is 3.92. The Labute approximate surface area is 116 Å². The molecular formula is C14H28N2O3. The van der Waals surface area contributed by atoms with Crippen LogP contribution >= 0.6 is 0 Å². The van der Waals surface area contributed by atoms with E-state index in [-0.39, 0.29) is 12.0 Å². The Hall–Kier alpha value is -0.650. The molecule has 1 fully saturated rings. The average molecular weight is 272 g/mol. The van der Waals surface area contributed by atoms with Gasteiger partial charge in [0.15, 0.2) is 0 Å². The van der Waals surface area contributed by atoms with E-state index in [1.54, 1.807) is 13.8 Å². The van der Waals surface area contributed by atoms with Gasteiger partial charge in [0.25, 0.3) is 0 Å². The van der Waals surface area contributed by atoms with Gasteiger partial charge in [-0.15, -0.1) is 0 Å². The van der Waals surface area contributed by atoms with Gasteiger partial charge in [-0.3, -0.25) is 4.79 Å². The molecule has 0 aromatic carbocycles. The first-order valence-corrected chi connectivity index (χ1v) is 7.14. The number of nitrogens with two attached hydrogens (primary N) is 1. The van der Waals surface area contributed by atoms with E-state index in [1.807, 2.05) is 0 Å². The molecule has 0 aromatic heterocycles. The molecule has 1 saturated heterocycles. The van der Waals surface area contributed by atoms with Crippen molar-refractivity contribution >= 4 is 5.97 Å². The highest BCUT2D eigenvalue weighted by Crippen LogP contribution is 2.20. The van der Waals surface area contributed by atoms with Crippen LogP contribution in [-0.4, -0.2) is 55.4 Å². The molecule has 0 saturated carbocycles.